The Morgan fingerprint density at radius 2 is 1.15 bits per heavy atom. The maximum Gasteiger partial charge on any atom is 0.394 e. The largest absolute Gasteiger partial charge is 0.458 e. The number of esters is 1. The van der Waals surface area contributed by atoms with E-state index >= 15 is 0 Å². The Hall–Kier alpha value is -9.96. The highest BCUT2D eigenvalue weighted by molar-refractivity contribution is 7.79. The Morgan fingerprint density at radius 1 is 0.641 bits per heavy atom. The molecule has 2 aromatic rings. The Labute approximate surface area is 767 Å². The lowest BCUT2D eigenvalue weighted by Crippen LogP contribution is -2.62. The maximum atomic E-state index is 14.4. The van der Waals surface area contributed by atoms with Gasteiger partial charge < -0.3 is 128 Å². The number of amides is 12. The Bertz CT molecular complexity index is 4350. The summed E-state index contributed by atoms with van der Waals surface area (Å²) in [5.41, 5.74) is 28.4. The molecule has 19 atom stereocenters. The third-order valence-corrected chi connectivity index (χ3v) is 24.0. The normalized spacial score (nSPS) is 26.2. The second-order valence-electron chi connectivity index (χ2n) is 33.2. The summed E-state index contributed by atoms with van der Waals surface area (Å²) in [6.45, 7) is 5.70. The van der Waals surface area contributed by atoms with E-state index in [-0.39, 0.29) is 137 Å². The number of aliphatic hydroxyl groups excluding tert-OH is 5. The zero-order valence-corrected chi connectivity index (χ0v) is 75.9. The number of hydrogen-bond donors (Lipinski definition) is 25. The molecule has 131 heavy (non-hydrogen) atoms. The summed E-state index contributed by atoms with van der Waals surface area (Å²) in [5, 5.41) is 102. The number of ether oxygens (including phenoxy) is 1. The lowest BCUT2D eigenvalue weighted by Gasteiger charge is -2.60. The van der Waals surface area contributed by atoms with Crippen LogP contribution in [0.4, 0.5) is 5.69 Å². The average molecular weight is 1920 g/mol. The molecule has 5 aliphatic rings. The monoisotopic (exact) mass is 1910 g/mol. The molecule has 1 aliphatic heterocycles. The van der Waals surface area contributed by atoms with Crippen LogP contribution in [-0.2, 0) is 93.5 Å². The molecule has 3 saturated carbocycles. The molecule has 1 heterocycles. The van der Waals surface area contributed by atoms with E-state index in [1.807, 2.05) is 6.92 Å². The summed E-state index contributed by atoms with van der Waals surface area (Å²) >= 11 is 10.7. The highest BCUT2D eigenvalue weighted by atomic mass is 35.5. The van der Waals surface area contributed by atoms with Crippen molar-refractivity contribution in [2.24, 2.45) is 63.2 Å². The molecule has 0 radical (unpaired) electrons. The van der Waals surface area contributed by atoms with E-state index in [1.54, 1.807) is 50.3 Å². The number of alkyl halides is 2. The van der Waals surface area contributed by atoms with Crippen LogP contribution in [0.3, 0.4) is 0 Å². The first kappa shape index (κ1) is 113. The summed E-state index contributed by atoms with van der Waals surface area (Å²) in [6, 6.07) is -1.43. The number of Topliss-reactive ketones (excluding diaryl/α,β-unsaturated/α-hetero) is 1. The van der Waals surface area contributed by atoms with Crippen LogP contribution in [0, 0.1) is 44.6 Å². The van der Waals surface area contributed by atoms with Gasteiger partial charge in [-0.25, -0.2) is 0 Å². The van der Waals surface area contributed by atoms with E-state index in [0.29, 0.717) is 30.4 Å². The summed E-state index contributed by atoms with van der Waals surface area (Å²) in [7, 11) is -4.67. The SMILES string of the molecule is CC(=O)OCC(=O)C1(O)CCC2C3CCC4=CC(=O)CCC4(C)C3C(O)CC21C.CC(C)CC1NC(=O)C(Cc2ccccc2)NC(=O)C(CCN)NC(=O)C(NC(=O)C(CCN)NC(=O)C(CCO)NC(=O)C(CCN)NC=O)CCNC(=O)C(CCO)NC(=O)C(CCN)NC(=O)C(CCN)NC1=O.O=C(N[C@H](CO)[C@H](O)c1ccc([N+](=O)[O-])cc1)C(Cl)Cl.O=S(=O)(O)O. The summed E-state index contributed by atoms with van der Waals surface area (Å²) in [6.07, 6.45) is 2.68. The molecule has 0 aromatic heterocycles. The van der Waals surface area contributed by atoms with Crippen molar-refractivity contribution in [2.45, 2.75) is 233 Å². The second kappa shape index (κ2) is 54.9. The van der Waals surface area contributed by atoms with Gasteiger partial charge in [-0.3, -0.25) is 91.1 Å². The van der Waals surface area contributed by atoms with Gasteiger partial charge in [-0.05, 0) is 187 Å². The number of nitro groups is 1. The molecule has 2 aromatic carbocycles. The van der Waals surface area contributed by atoms with E-state index in [4.69, 9.17) is 79.2 Å². The summed E-state index contributed by atoms with van der Waals surface area (Å²) in [5.74, 6) is -10.3. The predicted octanol–water partition coefficient (Wildman–Crippen LogP) is -5.61. The van der Waals surface area contributed by atoms with E-state index in [2.05, 4.69) is 70.7 Å². The number of non-ortho nitro benzene ring substituents is 1. The minimum Gasteiger partial charge on any atom is -0.458 e. The van der Waals surface area contributed by atoms with Crippen LogP contribution in [0.5, 0.6) is 0 Å². The minimum absolute atomic E-state index is 0.00155. The number of fused-ring (bicyclic) bond motifs is 5. The third kappa shape index (κ3) is 34.5. The molecule has 4 aliphatic carbocycles. The zero-order valence-electron chi connectivity index (χ0n) is 73.6. The second-order valence-corrected chi connectivity index (χ2v) is 35.2. The van der Waals surface area contributed by atoms with Gasteiger partial charge in [0.25, 0.3) is 11.6 Å². The van der Waals surface area contributed by atoms with Crippen molar-refractivity contribution < 1.29 is 130 Å². The standard InChI is InChI=1S/C48H82N16O13.C23H32O6.C11H12Cl2N2O5.H2O4S/c1-27(2)24-37-47(76)59-32(11-19-52)41(70)56-31(10-18-51)43(72)61-35(14-22-65)39(68)54-21-13-34(45(74)57-33(12-20-53)44(73)64-38(48(77)63-37)25-28-6-4-3-5-7-28)60-42(71)30(9-17-50)58-46(75)36(15-23-66)62-40(69)29(8-16-49)55-26-67;1-13(24)29-12-19(27)23(28)9-7-17-16-5-4-14-10-15(25)6-8-21(14,2)20(16)18(26)11-22(17,23)3;12-10(13)11(18)14-8(5-16)9(17)6-1-3-7(4-2-6)15(19)20;1-5(2,3)4/h3-7,26-27,29-38,65-66H,8-25,49-53H2,1-2H3,(H,54,68)(H,55,67)(H,56,70)(H,57,74)(H,58,75)(H,59,76)(H,60,71)(H,61,72)(H,62,69)(H,63,77)(H,64,73);10,16-18,20,26,28H,4-9,11-12H2,1-3H3;1-4,8-10,16-17H,5H2,(H,14,18);(H2,1,2,3,4)/t;;8-,9-;/m..1./s1. The smallest absolute Gasteiger partial charge is 0.394 e. The fourth-order valence-electron chi connectivity index (χ4n) is 17.0. The zero-order chi connectivity index (χ0) is 98.4. The number of carbonyl (C=O) groups excluding carboxylic acids is 15. The van der Waals surface area contributed by atoms with Crippen molar-refractivity contribution in [2.75, 3.05) is 65.7 Å². The van der Waals surface area contributed by atoms with Gasteiger partial charge in [0.15, 0.2) is 17.2 Å². The number of allylic oxidation sites excluding steroid dienone is 1. The van der Waals surface area contributed by atoms with E-state index < -0.39 is 226 Å². The number of aliphatic hydroxyl groups is 6. The Kier molecular flexibility index (Phi) is 47.5. The highest BCUT2D eigenvalue weighted by Crippen LogP contribution is 2.67. The maximum absolute atomic E-state index is 14.4. The van der Waals surface area contributed by atoms with Crippen LogP contribution in [0.2, 0.25) is 0 Å². The predicted molar refractivity (Wildman–Crippen MR) is 471 cm³/mol. The minimum atomic E-state index is -4.67. The Balaban J connectivity index is 0.000000528. The van der Waals surface area contributed by atoms with Gasteiger partial charge in [-0.1, -0.05) is 86.8 Å². The number of nitrogens with two attached hydrogens (primary N) is 5. The van der Waals surface area contributed by atoms with Crippen LogP contribution in [0.1, 0.15) is 155 Å². The van der Waals surface area contributed by atoms with Crippen LogP contribution in [0.25, 0.3) is 0 Å². The number of nitrogens with one attached hydrogen (secondary N) is 12. The molecule has 49 heteroatoms. The molecule has 30 N–H and O–H groups in total. The fraction of sp³-hybridized carbons (Fsp3) is 0.646. The van der Waals surface area contributed by atoms with Crippen LogP contribution < -0.4 is 92.5 Å². The number of benzene rings is 2. The molecule has 1 saturated heterocycles. The van der Waals surface area contributed by atoms with Gasteiger partial charge in [-0.2, -0.15) is 8.42 Å². The number of carbonyl (C=O) groups is 15. The topological polar surface area (TPSA) is 779 Å². The van der Waals surface area contributed by atoms with E-state index in [1.165, 1.54) is 31.2 Å². The lowest BCUT2D eigenvalue weighted by molar-refractivity contribution is -0.384. The summed E-state index contributed by atoms with van der Waals surface area (Å²) in [4.78, 5) is 206. The third-order valence-electron chi connectivity index (χ3n) is 23.6. The van der Waals surface area contributed by atoms with E-state index in [9.17, 15) is 108 Å². The molecule has 734 valence electrons. The number of rotatable bonds is 35. The first-order valence-electron chi connectivity index (χ1n) is 42.8. The van der Waals surface area contributed by atoms with Crippen molar-refractivity contribution in [1.29, 1.82) is 0 Å². The number of nitro benzene ring substituents is 1. The number of ketones is 2. The number of nitrogens with zero attached hydrogens (tertiary/aromatic N) is 1. The average Bonchev–Trinajstić information content (AvgIpc) is 1.57. The molecule has 7 rings (SSSR count). The van der Waals surface area contributed by atoms with Crippen LogP contribution in [-0.4, -0.2) is 291 Å². The Morgan fingerprint density at radius 3 is 1.64 bits per heavy atom. The van der Waals surface area contributed by atoms with Crippen molar-refractivity contribution in [1.82, 2.24) is 63.8 Å². The molecule has 46 nitrogen and oxygen atoms in total. The van der Waals surface area contributed by atoms with Gasteiger partial charge in [0.2, 0.25) is 71.3 Å². The van der Waals surface area contributed by atoms with Crippen molar-refractivity contribution in [3.63, 3.8) is 0 Å². The fourth-order valence-corrected chi connectivity index (χ4v) is 17.1. The molecule has 4 fully saturated rings. The molecular formula is C82H128Cl2N18O28S. The lowest BCUT2D eigenvalue weighted by atomic mass is 9.45. The van der Waals surface area contributed by atoms with E-state index in [0.717, 1.165) is 31.3 Å². The summed E-state index contributed by atoms with van der Waals surface area (Å²) < 4.78 is 36.5. The quantitative estimate of drug-likeness (QED) is 0.00764. The van der Waals surface area contributed by atoms with Crippen molar-refractivity contribution in [3.05, 3.63) is 87.5 Å². The van der Waals surface area contributed by atoms with Gasteiger partial charge in [0, 0.05) is 57.1 Å². The first-order valence-corrected chi connectivity index (χ1v) is 45.1. The number of halogens is 2. The van der Waals surface area contributed by atoms with Crippen LogP contribution >= 0.6 is 23.2 Å². The molecule has 0 spiro atoms. The van der Waals surface area contributed by atoms with Gasteiger partial charge >= 0.3 is 16.4 Å². The highest BCUT2D eigenvalue weighted by Gasteiger charge is 2.68. The van der Waals surface area contributed by atoms with Gasteiger partial charge in [0.1, 0.15) is 72.1 Å². The molecule has 12 amide bonds. The number of hydrogen-bond acceptors (Lipinski definition) is 31. The molecule has 17 unspecified atom stereocenters. The molecule has 0 bridgehead atoms. The van der Waals surface area contributed by atoms with Gasteiger partial charge in [-0.15, -0.1) is 0 Å². The molecular weight excluding hydrogens is 1790 g/mol. The van der Waals surface area contributed by atoms with Crippen molar-refractivity contribution >= 4 is 128 Å². The van der Waals surface area contributed by atoms with Crippen molar-refractivity contribution in [3.8, 4) is 0 Å². The van der Waals surface area contributed by atoms with Gasteiger partial charge in [0.05, 0.1) is 23.7 Å². The van der Waals surface area contributed by atoms with Crippen LogP contribution in [0.15, 0.2) is 66.2 Å². The first-order chi connectivity index (χ1) is 61.7.